The van der Waals surface area contributed by atoms with Crippen LogP contribution in [0.4, 0.5) is 0 Å². The first-order valence-corrected chi connectivity index (χ1v) is 7.69. The number of carbonyl (C=O) groups excluding carboxylic acids is 2. The van der Waals surface area contributed by atoms with E-state index in [1.807, 2.05) is 49.4 Å². The van der Waals surface area contributed by atoms with Crippen LogP contribution in [0.1, 0.15) is 11.1 Å². The normalized spacial score (nSPS) is 11.4. The first kappa shape index (κ1) is 17.5. The number of hydrogen-bond acceptors (Lipinski definition) is 4. The van der Waals surface area contributed by atoms with Crippen LogP contribution in [0.3, 0.4) is 0 Å². The van der Waals surface area contributed by atoms with Gasteiger partial charge < -0.3 is 14.8 Å². The summed E-state index contributed by atoms with van der Waals surface area (Å²) in [5.41, 5.74) is 2.05. The van der Waals surface area contributed by atoms with E-state index < -0.39 is 12.0 Å². The van der Waals surface area contributed by atoms with E-state index in [2.05, 4.69) is 5.32 Å². The van der Waals surface area contributed by atoms with Gasteiger partial charge in [0.05, 0.1) is 7.11 Å². The van der Waals surface area contributed by atoms with E-state index in [4.69, 9.17) is 9.47 Å². The molecule has 24 heavy (non-hydrogen) atoms. The quantitative estimate of drug-likeness (QED) is 0.793. The minimum Gasteiger partial charge on any atom is -0.484 e. The van der Waals surface area contributed by atoms with E-state index in [0.717, 1.165) is 11.1 Å². The number of esters is 1. The lowest BCUT2D eigenvalue weighted by Gasteiger charge is -2.17. The van der Waals surface area contributed by atoms with Crippen LogP contribution in [-0.4, -0.2) is 31.6 Å². The van der Waals surface area contributed by atoms with Crippen molar-refractivity contribution in [3.63, 3.8) is 0 Å². The van der Waals surface area contributed by atoms with Crippen LogP contribution < -0.4 is 10.1 Å². The second-order valence-electron chi connectivity index (χ2n) is 5.43. The Morgan fingerprint density at radius 2 is 1.71 bits per heavy atom. The highest BCUT2D eigenvalue weighted by atomic mass is 16.5. The Bertz CT molecular complexity index is 668. The Morgan fingerprint density at radius 3 is 2.33 bits per heavy atom. The van der Waals surface area contributed by atoms with Gasteiger partial charge in [0.1, 0.15) is 11.8 Å². The van der Waals surface area contributed by atoms with Crippen molar-refractivity contribution in [1.82, 2.24) is 5.32 Å². The first-order valence-electron chi connectivity index (χ1n) is 7.69. The zero-order valence-electron chi connectivity index (χ0n) is 13.8. The summed E-state index contributed by atoms with van der Waals surface area (Å²) in [5.74, 6) is -0.252. The molecule has 2 rings (SSSR count). The van der Waals surface area contributed by atoms with Crippen LogP contribution in [0.2, 0.25) is 0 Å². The molecule has 1 N–H and O–H groups in total. The fourth-order valence-corrected chi connectivity index (χ4v) is 2.20. The van der Waals surface area contributed by atoms with Crippen molar-refractivity contribution in [2.45, 2.75) is 19.4 Å². The molecule has 126 valence electrons. The van der Waals surface area contributed by atoms with Crippen LogP contribution in [0.5, 0.6) is 5.75 Å². The Morgan fingerprint density at radius 1 is 1.04 bits per heavy atom. The van der Waals surface area contributed by atoms with E-state index in [9.17, 15) is 9.59 Å². The molecule has 0 aliphatic carbocycles. The molecule has 0 saturated heterocycles. The maximum Gasteiger partial charge on any atom is 0.328 e. The van der Waals surface area contributed by atoms with E-state index >= 15 is 0 Å². The van der Waals surface area contributed by atoms with Crippen molar-refractivity contribution in [1.29, 1.82) is 0 Å². The van der Waals surface area contributed by atoms with Crippen LogP contribution in [-0.2, 0) is 20.7 Å². The molecule has 0 aliphatic rings. The largest absolute Gasteiger partial charge is 0.484 e. The number of aryl methyl sites for hydroxylation is 1. The molecule has 1 amide bonds. The minimum atomic E-state index is -0.744. The number of methoxy groups -OCH3 is 1. The van der Waals surface area contributed by atoms with Gasteiger partial charge in [-0.3, -0.25) is 4.79 Å². The molecular weight excluding hydrogens is 306 g/mol. The van der Waals surface area contributed by atoms with Crippen LogP contribution >= 0.6 is 0 Å². The van der Waals surface area contributed by atoms with Gasteiger partial charge in [-0.1, -0.05) is 48.0 Å². The first-order chi connectivity index (χ1) is 11.6. The summed E-state index contributed by atoms with van der Waals surface area (Å²) in [6.07, 6.45) is 0.365. The van der Waals surface area contributed by atoms with Gasteiger partial charge in [0, 0.05) is 6.42 Å². The van der Waals surface area contributed by atoms with E-state index in [-0.39, 0.29) is 12.5 Å². The molecule has 5 nitrogen and oxygen atoms in total. The summed E-state index contributed by atoms with van der Waals surface area (Å²) >= 11 is 0. The average molecular weight is 327 g/mol. The van der Waals surface area contributed by atoms with Crippen molar-refractivity contribution in [3.05, 3.63) is 65.7 Å². The number of ether oxygens (including phenoxy) is 2. The van der Waals surface area contributed by atoms with Gasteiger partial charge >= 0.3 is 5.97 Å². The smallest absolute Gasteiger partial charge is 0.328 e. The number of amides is 1. The molecule has 0 fully saturated rings. The predicted molar refractivity (Wildman–Crippen MR) is 90.8 cm³/mol. The molecule has 0 saturated carbocycles. The Kier molecular flexibility index (Phi) is 6.37. The second kappa shape index (κ2) is 8.72. The summed E-state index contributed by atoms with van der Waals surface area (Å²) in [7, 11) is 1.30. The number of benzene rings is 2. The Hall–Kier alpha value is -2.82. The summed E-state index contributed by atoms with van der Waals surface area (Å²) in [6.45, 7) is 1.81. The molecule has 5 heteroatoms. The molecule has 0 aromatic heterocycles. The lowest BCUT2D eigenvalue weighted by Crippen LogP contribution is -2.44. The van der Waals surface area contributed by atoms with Crippen LogP contribution in [0.15, 0.2) is 54.6 Å². The third-order valence-electron chi connectivity index (χ3n) is 3.49. The molecule has 0 heterocycles. The number of nitrogens with one attached hydrogen (secondary N) is 1. The van der Waals surface area contributed by atoms with Gasteiger partial charge in [-0.05, 0) is 24.6 Å². The Labute approximate surface area is 141 Å². The highest BCUT2D eigenvalue weighted by molar-refractivity contribution is 5.85. The standard InChI is InChI=1S/C19H21NO4/c1-14-8-10-16(11-9-14)24-13-18(21)20-17(19(22)23-2)12-15-6-4-3-5-7-15/h3-11,17H,12-13H2,1-2H3,(H,20,21)/t17-/m0/s1. The summed E-state index contributed by atoms with van der Waals surface area (Å²) in [4.78, 5) is 23.9. The fraction of sp³-hybridized carbons (Fsp3) is 0.263. The minimum absolute atomic E-state index is 0.161. The van der Waals surface area contributed by atoms with Gasteiger partial charge in [0.15, 0.2) is 6.61 Å². The third-order valence-corrected chi connectivity index (χ3v) is 3.49. The van der Waals surface area contributed by atoms with Crippen molar-refractivity contribution in [2.75, 3.05) is 13.7 Å². The van der Waals surface area contributed by atoms with Crippen molar-refractivity contribution < 1.29 is 19.1 Å². The van der Waals surface area contributed by atoms with Gasteiger partial charge in [-0.25, -0.2) is 4.79 Å². The van der Waals surface area contributed by atoms with Gasteiger partial charge in [-0.2, -0.15) is 0 Å². The molecule has 2 aromatic carbocycles. The molecule has 2 aromatic rings. The van der Waals surface area contributed by atoms with Crippen molar-refractivity contribution in [3.8, 4) is 5.75 Å². The van der Waals surface area contributed by atoms with E-state index in [0.29, 0.717) is 12.2 Å². The zero-order chi connectivity index (χ0) is 17.4. The van der Waals surface area contributed by atoms with E-state index in [1.165, 1.54) is 7.11 Å². The molecule has 1 atom stereocenters. The SMILES string of the molecule is COC(=O)[C@H](Cc1ccccc1)NC(=O)COc1ccc(C)cc1. The lowest BCUT2D eigenvalue weighted by molar-refractivity contribution is -0.145. The highest BCUT2D eigenvalue weighted by Crippen LogP contribution is 2.11. The second-order valence-corrected chi connectivity index (χ2v) is 5.43. The molecule has 0 unspecified atom stereocenters. The topological polar surface area (TPSA) is 64.6 Å². The van der Waals surface area contributed by atoms with Crippen LogP contribution in [0, 0.1) is 6.92 Å². The van der Waals surface area contributed by atoms with Crippen molar-refractivity contribution >= 4 is 11.9 Å². The fourth-order valence-electron chi connectivity index (χ4n) is 2.20. The maximum atomic E-state index is 12.1. The summed E-state index contributed by atoms with van der Waals surface area (Å²) in [6, 6.07) is 16.1. The highest BCUT2D eigenvalue weighted by Gasteiger charge is 2.22. The molecule has 0 aliphatic heterocycles. The van der Waals surface area contributed by atoms with Gasteiger partial charge in [-0.15, -0.1) is 0 Å². The molecule has 0 radical (unpaired) electrons. The summed E-state index contributed by atoms with van der Waals surface area (Å²) < 4.78 is 10.2. The zero-order valence-corrected chi connectivity index (χ0v) is 13.8. The van der Waals surface area contributed by atoms with Crippen LogP contribution in [0.25, 0.3) is 0 Å². The van der Waals surface area contributed by atoms with E-state index in [1.54, 1.807) is 12.1 Å². The number of hydrogen-bond donors (Lipinski definition) is 1. The maximum absolute atomic E-state index is 12.1. The third kappa shape index (κ3) is 5.43. The van der Waals surface area contributed by atoms with Crippen molar-refractivity contribution in [2.24, 2.45) is 0 Å². The lowest BCUT2D eigenvalue weighted by atomic mass is 10.1. The predicted octanol–water partition coefficient (Wildman–Crippen LogP) is 2.27. The van der Waals surface area contributed by atoms with Gasteiger partial charge in [0.25, 0.3) is 5.91 Å². The molecule has 0 spiro atoms. The summed E-state index contributed by atoms with van der Waals surface area (Å²) in [5, 5.41) is 2.66. The van der Waals surface area contributed by atoms with Gasteiger partial charge in [0.2, 0.25) is 0 Å². The average Bonchev–Trinajstić information content (AvgIpc) is 2.61. The Balaban J connectivity index is 1.91. The molecule has 0 bridgehead atoms. The molecular formula is C19H21NO4. The number of rotatable bonds is 7. The number of carbonyl (C=O) groups is 2. The monoisotopic (exact) mass is 327 g/mol.